The summed E-state index contributed by atoms with van der Waals surface area (Å²) < 4.78 is 44.1. The van der Waals surface area contributed by atoms with E-state index in [1.807, 2.05) is 62.4 Å². The predicted molar refractivity (Wildman–Crippen MR) is 142 cm³/mol. The molecule has 6 nitrogen and oxygen atoms in total. The Balaban J connectivity index is 1.61. The van der Waals surface area contributed by atoms with Crippen molar-refractivity contribution in [2.24, 2.45) is 5.10 Å². The number of aryl methyl sites for hydroxylation is 2. The number of carbonyl (C=O) groups excluding carboxylic acids is 2. The molecule has 2 amide bonds. The van der Waals surface area contributed by atoms with Gasteiger partial charge < -0.3 is 9.64 Å². The second-order valence-corrected chi connectivity index (χ2v) is 9.51. The Bertz CT molecular complexity index is 1360. The van der Waals surface area contributed by atoms with Gasteiger partial charge in [-0.25, -0.2) is 5.01 Å². The fourth-order valence-electron chi connectivity index (χ4n) is 4.44. The normalized spacial score (nSPS) is 15.3. The van der Waals surface area contributed by atoms with Gasteiger partial charge in [0.05, 0.1) is 23.9 Å². The summed E-state index contributed by atoms with van der Waals surface area (Å²) in [7, 11) is 1.47. The van der Waals surface area contributed by atoms with Crippen molar-refractivity contribution in [3.05, 3.63) is 106 Å². The Hall–Kier alpha value is -3.98. The summed E-state index contributed by atoms with van der Waals surface area (Å²) in [5.41, 5.74) is 4.06. The zero-order valence-corrected chi connectivity index (χ0v) is 22.0. The molecule has 0 radical (unpaired) electrons. The minimum atomic E-state index is -4.51. The zero-order chi connectivity index (χ0) is 28.2. The van der Waals surface area contributed by atoms with E-state index in [2.05, 4.69) is 0 Å². The number of methoxy groups -OCH3 is 1. The largest absolute Gasteiger partial charge is 0.416 e. The lowest BCUT2D eigenvalue weighted by Crippen LogP contribution is -2.42. The quantitative estimate of drug-likeness (QED) is 0.366. The lowest BCUT2D eigenvalue weighted by Gasteiger charge is -2.27. The SMILES string of the molecule is COCCN(CC(=O)N1N=C(c2ccc(C)c(C)c2)C[C@H]1c1ccccc1)C(=O)c1ccc(C(F)(F)F)cc1. The van der Waals surface area contributed by atoms with Crippen LogP contribution in [-0.2, 0) is 15.7 Å². The summed E-state index contributed by atoms with van der Waals surface area (Å²) in [6.07, 6.45) is -4.01. The molecule has 204 valence electrons. The van der Waals surface area contributed by atoms with Crippen LogP contribution in [0.2, 0.25) is 0 Å². The molecule has 1 heterocycles. The van der Waals surface area contributed by atoms with E-state index in [0.717, 1.165) is 52.2 Å². The smallest absolute Gasteiger partial charge is 0.383 e. The fraction of sp³-hybridized carbons (Fsp3) is 0.300. The van der Waals surface area contributed by atoms with Gasteiger partial charge in [0.1, 0.15) is 6.54 Å². The second kappa shape index (κ2) is 11.8. The van der Waals surface area contributed by atoms with Crippen LogP contribution in [0, 0.1) is 13.8 Å². The first-order valence-corrected chi connectivity index (χ1v) is 12.6. The molecule has 0 N–H and O–H groups in total. The Morgan fingerprint density at radius 3 is 2.31 bits per heavy atom. The molecule has 0 fully saturated rings. The Kier molecular flexibility index (Phi) is 8.50. The Labute approximate surface area is 225 Å². The molecule has 0 aromatic heterocycles. The van der Waals surface area contributed by atoms with Crippen LogP contribution in [0.1, 0.15) is 50.6 Å². The van der Waals surface area contributed by atoms with Crippen LogP contribution in [0.25, 0.3) is 0 Å². The number of rotatable bonds is 8. The molecule has 0 unspecified atom stereocenters. The van der Waals surface area contributed by atoms with Crippen molar-refractivity contribution in [3.63, 3.8) is 0 Å². The molecule has 1 aliphatic rings. The van der Waals surface area contributed by atoms with Gasteiger partial charge in [0, 0.05) is 25.6 Å². The minimum absolute atomic E-state index is 0.0484. The maximum Gasteiger partial charge on any atom is 0.416 e. The summed E-state index contributed by atoms with van der Waals surface area (Å²) in [6, 6.07) is 19.2. The first-order chi connectivity index (χ1) is 18.6. The number of hydrogen-bond acceptors (Lipinski definition) is 4. The van der Waals surface area contributed by atoms with Gasteiger partial charge in [-0.3, -0.25) is 9.59 Å². The standard InChI is InChI=1S/C30H30F3N3O3/c1-20-9-10-24(17-21(20)2)26-18-27(22-7-5-4-6-8-22)36(34-26)28(37)19-35(15-16-39-3)29(38)23-11-13-25(14-12-23)30(31,32)33/h4-14,17,27H,15-16,18-19H2,1-3H3/t27-/m0/s1. The lowest BCUT2D eigenvalue weighted by atomic mass is 9.96. The Morgan fingerprint density at radius 2 is 1.69 bits per heavy atom. The van der Waals surface area contributed by atoms with Gasteiger partial charge in [-0.05, 0) is 66.4 Å². The van der Waals surface area contributed by atoms with E-state index in [-0.39, 0.29) is 31.3 Å². The van der Waals surface area contributed by atoms with Gasteiger partial charge in [-0.15, -0.1) is 0 Å². The number of hydrogen-bond donors (Lipinski definition) is 0. The van der Waals surface area contributed by atoms with E-state index >= 15 is 0 Å². The second-order valence-electron chi connectivity index (χ2n) is 9.51. The molecule has 3 aromatic carbocycles. The van der Waals surface area contributed by atoms with Crippen LogP contribution in [0.4, 0.5) is 13.2 Å². The third kappa shape index (κ3) is 6.54. The number of amides is 2. The average Bonchev–Trinajstić information content (AvgIpc) is 3.38. The highest BCUT2D eigenvalue weighted by Crippen LogP contribution is 2.33. The lowest BCUT2D eigenvalue weighted by molar-refractivity contribution is -0.137. The van der Waals surface area contributed by atoms with E-state index in [1.165, 1.54) is 17.0 Å². The highest BCUT2D eigenvalue weighted by atomic mass is 19.4. The van der Waals surface area contributed by atoms with Gasteiger partial charge in [0.15, 0.2) is 0 Å². The van der Waals surface area contributed by atoms with Gasteiger partial charge in [0.25, 0.3) is 11.8 Å². The minimum Gasteiger partial charge on any atom is -0.383 e. The number of benzene rings is 3. The van der Waals surface area contributed by atoms with Crippen molar-refractivity contribution < 1.29 is 27.5 Å². The number of ether oxygens (including phenoxy) is 1. The van der Waals surface area contributed by atoms with Crippen LogP contribution in [-0.4, -0.2) is 54.2 Å². The van der Waals surface area contributed by atoms with Gasteiger partial charge in [-0.1, -0.05) is 42.5 Å². The summed E-state index contributed by atoms with van der Waals surface area (Å²) in [5, 5.41) is 6.11. The maximum absolute atomic E-state index is 13.7. The van der Waals surface area contributed by atoms with E-state index in [4.69, 9.17) is 9.84 Å². The van der Waals surface area contributed by atoms with Crippen molar-refractivity contribution in [1.82, 2.24) is 9.91 Å². The molecule has 0 aliphatic carbocycles. The van der Waals surface area contributed by atoms with E-state index in [9.17, 15) is 22.8 Å². The molecule has 0 spiro atoms. The van der Waals surface area contributed by atoms with Crippen molar-refractivity contribution in [3.8, 4) is 0 Å². The molecule has 1 atom stereocenters. The van der Waals surface area contributed by atoms with Gasteiger partial charge in [0.2, 0.25) is 0 Å². The van der Waals surface area contributed by atoms with Crippen molar-refractivity contribution in [2.75, 3.05) is 26.8 Å². The van der Waals surface area contributed by atoms with Crippen molar-refractivity contribution in [2.45, 2.75) is 32.5 Å². The highest BCUT2D eigenvalue weighted by molar-refractivity contribution is 6.04. The van der Waals surface area contributed by atoms with Crippen LogP contribution in [0.5, 0.6) is 0 Å². The molecule has 4 rings (SSSR count). The third-order valence-corrected chi connectivity index (χ3v) is 6.83. The van der Waals surface area contributed by atoms with Gasteiger partial charge in [-0.2, -0.15) is 18.3 Å². The van der Waals surface area contributed by atoms with Crippen molar-refractivity contribution in [1.29, 1.82) is 0 Å². The number of halogens is 3. The monoisotopic (exact) mass is 537 g/mol. The molecular weight excluding hydrogens is 507 g/mol. The first-order valence-electron chi connectivity index (χ1n) is 12.6. The Morgan fingerprint density at radius 1 is 1.00 bits per heavy atom. The van der Waals surface area contributed by atoms with E-state index in [0.29, 0.717) is 6.42 Å². The van der Waals surface area contributed by atoms with Gasteiger partial charge >= 0.3 is 6.18 Å². The van der Waals surface area contributed by atoms with Crippen LogP contribution < -0.4 is 0 Å². The van der Waals surface area contributed by atoms with E-state index in [1.54, 1.807) is 0 Å². The molecule has 0 bridgehead atoms. The van der Waals surface area contributed by atoms with Crippen LogP contribution in [0.15, 0.2) is 77.9 Å². The molecule has 1 aliphatic heterocycles. The predicted octanol–water partition coefficient (Wildman–Crippen LogP) is 5.79. The van der Waals surface area contributed by atoms with Crippen LogP contribution >= 0.6 is 0 Å². The average molecular weight is 538 g/mol. The number of nitrogens with zero attached hydrogens (tertiary/aromatic N) is 3. The fourth-order valence-corrected chi connectivity index (χ4v) is 4.44. The maximum atomic E-state index is 13.7. The number of alkyl halides is 3. The molecular formula is C30H30F3N3O3. The first kappa shape index (κ1) is 28.0. The third-order valence-electron chi connectivity index (χ3n) is 6.83. The zero-order valence-electron chi connectivity index (χ0n) is 22.0. The van der Waals surface area contributed by atoms with Crippen LogP contribution in [0.3, 0.4) is 0 Å². The summed E-state index contributed by atoms with van der Waals surface area (Å²) in [4.78, 5) is 28.2. The molecule has 3 aromatic rings. The molecule has 0 saturated carbocycles. The molecule has 0 saturated heterocycles. The number of carbonyl (C=O) groups is 2. The topological polar surface area (TPSA) is 62.2 Å². The van der Waals surface area contributed by atoms with E-state index < -0.39 is 23.6 Å². The number of hydrazone groups is 1. The van der Waals surface area contributed by atoms with Crippen molar-refractivity contribution >= 4 is 17.5 Å². The highest BCUT2D eigenvalue weighted by Gasteiger charge is 2.35. The molecule has 9 heteroatoms. The summed E-state index contributed by atoms with van der Waals surface area (Å²) >= 11 is 0. The summed E-state index contributed by atoms with van der Waals surface area (Å²) in [6.45, 7) is 3.97. The molecule has 39 heavy (non-hydrogen) atoms. The summed E-state index contributed by atoms with van der Waals surface area (Å²) in [5.74, 6) is -0.970.